The predicted molar refractivity (Wildman–Crippen MR) is 111 cm³/mol. The van der Waals surface area contributed by atoms with E-state index in [-0.39, 0.29) is 33.0 Å². The maximum Gasteiger partial charge on any atom is 0.416 e. The molecular formula is C19H11ClF3N3O4S. The Hall–Kier alpha value is -3.44. The van der Waals surface area contributed by atoms with E-state index in [0.29, 0.717) is 5.56 Å². The second-order valence-electron chi connectivity index (χ2n) is 6.07. The number of carbonyl (C=O) groups is 1. The van der Waals surface area contributed by atoms with Gasteiger partial charge in [0.2, 0.25) is 0 Å². The van der Waals surface area contributed by atoms with Crippen molar-refractivity contribution in [2.24, 2.45) is 0 Å². The molecule has 0 aliphatic rings. The number of nitro groups is 1. The zero-order valence-corrected chi connectivity index (χ0v) is 16.8. The van der Waals surface area contributed by atoms with Crippen molar-refractivity contribution >= 4 is 46.2 Å². The molecule has 0 aliphatic heterocycles. The van der Waals surface area contributed by atoms with Crippen LogP contribution in [0, 0.1) is 10.1 Å². The zero-order valence-electron chi connectivity index (χ0n) is 15.2. The van der Waals surface area contributed by atoms with Gasteiger partial charge in [-0.05, 0) is 42.5 Å². The van der Waals surface area contributed by atoms with E-state index in [9.17, 15) is 28.1 Å². The lowest BCUT2D eigenvalue weighted by molar-refractivity contribution is -0.384. The molecule has 1 aromatic heterocycles. The molecule has 0 fully saturated rings. The van der Waals surface area contributed by atoms with Crippen molar-refractivity contribution in [2.75, 3.05) is 5.32 Å². The third-order valence-electron chi connectivity index (χ3n) is 3.94. The van der Waals surface area contributed by atoms with Crippen molar-refractivity contribution in [3.05, 3.63) is 81.1 Å². The maximum absolute atomic E-state index is 12.7. The summed E-state index contributed by atoms with van der Waals surface area (Å²) in [7, 11) is 0. The number of anilines is 1. The molecule has 0 bridgehead atoms. The third-order valence-corrected chi connectivity index (χ3v) is 4.46. The third kappa shape index (κ3) is 5.38. The van der Waals surface area contributed by atoms with Gasteiger partial charge in [0, 0.05) is 17.7 Å². The zero-order chi connectivity index (χ0) is 22.8. The van der Waals surface area contributed by atoms with E-state index in [1.54, 1.807) is 6.07 Å². The summed E-state index contributed by atoms with van der Waals surface area (Å²) in [5.41, 5.74) is -0.608. The first-order chi connectivity index (χ1) is 14.5. The van der Waals surface area contributed by atoms with E-state index in [4.69, 9.17) is 28.2 Å². The number of hydrogen-bond acceptors (Lipinski definition) is 5. The van der Waals surface area contributed by atoms with Crippen LogP contribution in [0.2, 0.25) is 5.02 Å². The molecule has 0 radical (unpaired) electrons. The average molecular weight is 470 g/mol. The van der Waals surface area contributed by atoms with Gasteiger partial charge >= 0.3 is 6.18 Å². The van der Waals surface area contributed by atoms with E-state index >= 15 is 0 Å². The highest BCUT2D eigenvalue weighted by molar-refractivity contribution is 7.80. The van der Waals surface area contributed by atoms with Gasteiger partial charge in [0.1, 0.15) is 5.76 Å². The number of rotatable bonds is 4. The number of nitrogens with zero attached hydrogens (tertiary/aromatic N) is 1. The normalized spacial score (nSPS) is 11.1. The van der Waals surface area contributed by atoms with E-state index in [1.165, 1.54) is 30.3 Å². The fourth-order valence-corrected chi connectivity index (χ4v) is 2.93. The number of benzene rings is 2. The Balaban J connectivity index is 1.68. The number of nitro benzene ring substituents is 1. The Kier molecular flexibility index (Phi) is 6.27. The lowest BCUT2D eigenvalue weighted by Crippen LogP contribution is -2.34. The van der Waals surface area contributed by atoms with Gasteiger partial charge in [0.05, 0.1) is 21.2 Å². The molecule has 1 amide bonds. The number of alkyl halides is 3. The summed E-state index contributed by atoms with van der Waals surface area (Å²) >= 11 is 10.8. The molecule has 3 rings (SSSR count). The van der Waals surface area contributed by atoms with E-state index in [2.05, 4.69) is 10.6 Å². The Bertz CT molecular complexity index is 1180. The SMILES string of the molecule is O=C(NC(=S)Nc1ccc(C(F)(F)F)cc1Cl)c1ccc(-c2cccc([N+](=O)[O-])c2)o1. The van der Waals surface area contributed by atoms with Gasteiger partial charge in [-0.1, -0.05) is 23.7 Å². The number of thiocarbonyl (C=S) groups is 1. The number of halogens is 4. The largest absolute Gasteiger partial charge is 0.451 e. The van der Waals surface area contributed by atoms with Crippen LogP contribution >= 0.6 is 23.8 Å². The predicted octanol–water partition coefficient (Wildman–Crippen LogP) is 5.65. The Morgan fingerprint density at radius 3 is 2.52 bits per heavy atom. The standard InChI is InChI=1S/C19H11ClF3N3O4S/c20-13-9-11(19(21,22)23)4-5-14(13)24-18(31)25-17(27)16-7-6-15(30-16)10-2-1-3-12(8-10)26(28)29/h1-9H,(H2,24,25,27,31). The Morgan fingerprint density at radius 1 is 1.13 bits per heavy atom. The quantitative estimate of drug-likeness (QED) is 0.291. The topological polar surface area (TPSA) is 97.4 Å². The number of non-ortho nitro benzene ring substituents is 1. The van der Waals surface area contributed by atoms with Gasteiger partial charge in [0.15, 0.2) is 10.9 Å². The van der Waals surface area contributed by atoms with E-state index < -0.39 is 22.6 Å². The second kappa shape index (κ2) is 8.74. The fraction of sp³-hybridized carbons (Fsp3) is 0.0526. The average Bonchev–Trinajstić information content (AvgIpc) is 3.19. The number of nitrogens with one attached hydrogen (secondary N) is 2. The van der Waals surface area contributed by atoms with Crippen LogP contribution in [-0.2, 0) is 6.18 Å². The molecule has 31 heavy (non-hydrogen) atoms. The molecule has 2 aromatic carbocycles. The molecule has 0 aliphatic carbocycles. The molecule has 0 saturated carbocycles. The van der Waals surface area contributed by atoms with Crippen LogP contribution in [0.25, 0.3) is 11.3 Å². The minimum Gasteiger partial charge on any atom is -0.451 e. The molecule has 160 valence electrons. The monoisotopic (exact) mass is 469 g/mol. The molecule has 2 N–H and O–H groups in total. The first kappa shape index (κ1) is 22.2. The number of hydrogen-bond donors (Lipinski definition) is 2. The summed E-state index contributed by atoms with van der Waals surface area (Å²) in [5, 5.41) is 15.3. The number of furan rings is 1. The molecule has 12 heteroatoms. The number of carbonyl (C=O) groups excluding carboxylic acids is 1. The number of amides is 1. The van der Waals surface area contributed by atoms with Gasteiger partial charge in [0.25, 0.3) is 11.6 Å². The van der Waals surface area contributed by atoms with Crippen LogP contribution in [0.3, 0.4) is 0 Å². The first-order valence-corrected chi connectivity index (χ1v) is 9.17. The van der Waals surface area contributed by atoms with Crippen molar-refractivity contribution in [1.29, 1.82) is 0 Å². The molecule has 1 heterocycles. The van der Waals surface area contributed by atoms with Gasteiger partial charge in [-0.15, -0.1) is 0 Å². The van der Waals surface area contributed by atoms with Crippen molar-refractivity contribution in [3.8, 4) is 11.3 Å². The van der Waals surface area contributed by atoms with Crippen LogP contribution in [0.15, 0.2) is 59.0 Å². The van der Waals surface area contributed by atoms with Crippen LogP contribution in [0.4, 0.5) is 24.5 Å². The van der Waals surface area contributed by atoms with Gasteiger partial charge in [-0.2, -0.15) is 13.2 Å². The van der Waals surface area contributed by atoms with Gasteiger partial charge in [-0.25, -0.2) is 0 Å². The van der Waals surface area contributed by atoms with Crippen molar-refractivity contribution in [1.82, 2.24) is 5.32 Å². The molecular weight excluding hydrogens is 459 g/mol. The highest BCUT2D eigenvalue weighted by atomic mass is 35.5. The fourth-order valence-electron chi connectivity index (χ4n) is 2.50. The Labute approximate surface area is 183 Å². The molecule has 0 atom stereocenters. The summed E-state index contributed by atoms with van der Waals surface area (Å²) in [4.78, 5) is 22.6. The molecule has 7 nitrogen and oxygen atoms in total. The van der Waals surface area contributed by atoms with Crippen LogP contribution in [0.1, 0.15) is 16.1 Å². The van der Waals surface area contributed by atoms with Crippen LogP contribution in [0.5, 0.6) is 0 Å². The maximum atomic E-state index is 12.7. The summed E-state index contributed by atoms with van der Waals surface area (Å²) in [6.07, 6.45) is -4.55. The van der Waals surface area contributed by atoms with Crippen molar-refractivity contribution < 1.29 is 27.3 Å². The van der Waals surface area contributed by atoms with E-state index in [1.807, 2.05) is 0 Å². The summed E-state index contributed by atoms with van der Waals surface area (Å²) in [6, 6.07) is 11.1. The Morgan fingerprint density at radius 2 is 1.87 bits per heavy atom. The van der Waals surface area contributed by atoms with Crippen LogP contribution in [-0.4, -0.2) is 15.9 Å². The summed E-state index contributed by atoms with van der Waals surface area (Å²) < 4.78 is 43.5. The highest BCUT2D eigenvalue weighted by Gasteiger charge is 2.31. The molecule has 3 aromatic rings. The minimum absolute atomic E-state index is 0.0664. The lowest BCUT2D eigenvalue weighted by atomic mass is 10.1. The van der Waals surface area contributed by atoms with Crippen molar-refractivity contribution in [3.63, 3.8) is 0 Å². The minimum atomic E-state index is -4.55. The van der Waals surface area contributed by atoms with Gasteiger partial charge in [-0.3, -0.25) is 20.2 Å². The van der Waals surface area contributed by atoms with E-state index in [0.717, 1.165) is 18.2 Å². The van der Waals surface area contributed by atoms with Crippen LogP contribution < -0.4 is 10.6 Å². The van der Waals surface area contributed by atoms with Crippen molar-refractivity contribution in [2.45, 2.75) is 6.18 Å². The van der Waals surface area contributed by atoms with Gasteiger partial charge < -0.3 is 9.73 Å². The summed E-state index contributed by atoms with van der Waals surface area (Å²) in [5.74, 6) is -0.653. The summed E-state index contributed by atoms with van der Waals surface area (Å²) in [6.45, 7) is 0. The highest BCUT2D eigenvalue weighted by Crippen LogP contribution is 2.33. The first-order valence-electron chi connectivity index (χ1n) is 8.38. The molecule has 0 saturated heterocycles. The second-order valence-corrected chi connectivity index (χ2v) is 6.89. The molecule has 0 spiro atoms. The smallest absolute Gasteiger partial charge is 0.416 e. The lowest BCUT2D eigenvalue weighted by Gasteiger charge is -2.12. The molecule has 0 unspecified atom stereocenters.